The van der Waals surface area contributed by atoms with Gasteiger partial charge in [-0.3, -0.25) is 4.79 Å². The van der Waals surface area contributed by atoms with Crippen LogP contribution in [0.3, 0.4) is 0 Å². The van der Waals surface area contributed by atoms with Crippen LogP contribution in [0.2, 0.25) is 0 Å². The minimum absolute atomic E-state index is 0.310. The monoisotopic (exact) mass is 211 g/mol. The number of unbranched alkanes of at least 4 members (excludes halogenated alkanes) is 2. The zero-order valence-electron chi connectivity index (χ0n) is 10.2. The van der Waals surface area contributed by atoms with Crippen LogP contribution < -0.4 is 5.32 Å². The molecule has 0 radical (unpaired) electrons. The number of carbonyl (C=O) groups is 1. The number of amides is 1. The first-order chi connectivity index (χ1) is 7.27. The molecule has 0 saturated heterocycles. The Morgan fingerprint density at radius 3 is 2.47 bits per heavy atom. The summed E-state index contributed by atoms with van der Waals surface area (Å²) in [6, 6.07) is 0.439. The molecule has 1 rings (SSSR count). The van der Waals surface area contributed by atoms with Crippen LogP contribution in [0.25, 0.3) is 0 Å². The molecule has 0 aromatic carbocycles. The summed E-state index contributed by atoms with van der Waals surface area (Å²) >= 11 is 0. The van der Waals surface area contributed by atoms with Crippen LogP contribution in [0.5, 0.6) is 0 Å². The molecule has 88 valence electrons. The third-order valence-corrected chi connectivity index (χ3v) is 3.09. The topological polar surface area (TPSA) is 29.1 Å². The van der Waals surface area contributed by atoms with E-state index in [2.05, 4.69) is 19.2 Å². The highest BCUT2D eigenvalue weighted by Gasteiger charge is 2.30. The van der Waals surface area contributed by atoms with E-state index in [1.807, 2.05) is 0 Å². The molecule has 1 amide bonds. The van der Waals surface area contributed by atoms with E-state index in [1.54, 1.807) is 0 Å². The van der Waals surface area contributed by atoms with Crippen molar-refractivity contribution in [3.8, 4) is 0 Å². The van der Waals surface area contributed by atoms with Gasteiger partial charge in [-0.1, -0.05) is 39.5 Å². The molecule has 2 heteroatoms. The van der Waals surface area contributed by atoms with Crippen molar-refractivity contribution in [3.05, 3.63) is 0 Å². The number of rotatable bonds is 8. The zero-order valence-corrected chi connectivity index (χ0v) is 10.2. The zero-order chi connectivity index (χ0) is 11.1. The quantitative estimate of drug-likeness (QED) is 0.613. The SMILES string of the molecule is CCCCCC(CCC)NC(=O)C1CC1. The second kappa shape index (κ2) is 6.86. The predicted octanol–water partition coefficient (Wildman–Crippen LogP) is 3.26. The molecule has 0 aromatic heterocycles. The second-order valence-corrected chi connectivity index (χ2v) is 4.76. The Hall–Kier alpha value is -0.530. The Kier molecular flexibility index (Phi) is 5.74. The van der Waals surface area contributed by atoms with Gasteiger partial charge >= 0.3 is 0 Å². The van der Waals surface area contributed by atoms with Gasteiger partial charge in [0.1, 0.15) is 0 Å². The molecule has 1 saturated carbocycles. The van der Waals surface area contributed by atoms with Gasteiger partial charge in [0.15, 0.2) is 0 Å². The predicted molar refractivity (Wildman–Crippen MR) is 63.7 cm³/mol. The van der Waals surface area contributed by atoms with Crippen LogP contribution >= 0.6 is 0 Å². The summed E-state index contributed by atoms with van der Waals surface area (Å²) in [6.45, 7) is 4.41. The van der Waals surface area contributed by atoms with Gasteiger partial charge in [-0.2, -0.15) is 0 Å². The maximum Gasteiger partial charge on any atom is 0.223 e. The van der Waals surface area contributed by atoms with Gasteiger partial charge in [0.05, 0.1) is 0 Å². The first-order valence-electron chi connectivity index (χ1n) is 6.58. The van der Waals surface area contributed by atoms with Crippen LogP contribution in [0.15, 0.2) is 0 Å². The maximum absolute atomic E-state index is 11.6. The lowest BCUT2D eigenvalue weighted by molar-refractivity contribution is -0.123. The number of hydrogen-bond acceptors (Lipinski definition) is 1. The normalized spacial score (nSPS) is 17.5. The Morgan fingerprint density at radius 2 is 1.93 bits per heavy atom. The average Bonchev–Trinajstić information content (AvgIpc) is 3.01. The summed E-state index contributed by atoms with van der Waals surface area (Å²) in [7, 11) is 0. The lowest BCUT2D eigenvalue weighted by atomic mass is 10.0. The van der Waals surface area contributed by atoms with Crippen molar-refractivity contribution in [1.82, 2.24) is 5.32 Å². The van der Waals surface area contributed by atoms with Crippen LogP contribution in [0, 0.1) is 5.92 Å². The number of nitrogens with one attached hydrogen (secondary N) is 1. The van der Waals surface area contributed by atoms with Gasteiger partial charge in [-0.15, -0.1) is 0 Å². The fourth-order valence-corrected chi connectivity index (χ4v) is 1.94. The summed E-state index contributed by atoms with van der Waals surface area (Å²) in [4.78, 5) is 11.6. The molecule has 0 spiro atoms. The molecule has 0 aliphatic heterocycles. The molecule has 15 heavy (non-hydrogen) atoms. The standard InChI is InChI=1S/C13H25NO/c1-3-5-6-8-12(7-4-2)14-13(15)11-9-10-11/h11-12H,3-10H2,1-2H3,(H,14,15). The molecule has 2 nitrogen and oxygen atoms in total. The van der Waals surface area contributed by atoms with Crippen molar-refractivity contribution in [2.45, 2.75) is 71.3 Å². The lowest BCUT2D eigenvalue weighted by Gasteiger charge is -2.17. The van der Waals surface area contributed by atoms with Crippen molar-refractivity contribution < 1.29 is 4.79 Å². The van der Waals surface area contributed by atoms with Gasteiger partial charge in [0, 0.05) is 12.0 Å². The van der Waals surface area contributed by atoms with Crippen LogP contribution in [-0.4, -0.2) is 11.9 Å². The van der Waals surface area contributed by atoms with E-state index in [9.17, 15) is 4.79 Å². The highest BCUT2D eigenvalue weighted by atomic mass is 16.2. The lowest BCUT2D eigenvalue weighted by Crippen LogP contribution is -2.35. The van der Waals surface area contributed by atoms with Crippen molar-refractivity contribution >= 4 is 5.91 Å². The summed E-state index contributed by atoms with van der Waals surface area (Å²) in [6.07, 6.45) is 9.50. The Bertz CT molecular complexity index is 187. The summed E-state index contributed by atoms with van der Waals surface area (Å²) in [5.74, 6) is 0.667. The van der Waals surface area contributed by atoms with E-state index in [0.29, 0.717) is 17.9 Å². The van der Waals surface area contributed by atoms with E-state index in [4.69, 9.17) is 0 Å². The Labute approximate surface area is 93.8 Å². The van der Waals surface area contributed by atoms with Crippen molar-refractivity contribution in [1.29, 1.82) is 0 Å². The maximum atomic E-state index is 11.6. The molecule has 0 aromatic rings. The summed E-state index contributed by atoms with van der Waals surface area (Å²) < 4.78 is 0. The van der Waals surface area contributed by atoms with E-state index in [0.717, 1.165) is 19.3 Å². The molecule has 1 N–H and O–H groups in total. The van der Waals surface area contributed by atoms with Gasteiger partial charge in [0.25, 0.3) is 0 Å². The second-order valence-electron chi connectivity index (χ2n) is 4.76. The van der Waals surface area contributed by atoms with E-state index < -0.39 is 0 Å². The summed E-state index contributed by atoms with van der Waals surface area (Å²) in [5, 5.41) is 3.20. The molecule has 0 bridgehead atoms. The summed E-state index contributed by atoms with van der Waals surface area (Å²) in [5.41, 5.74) is 0. The number of carbonyl (C=O) groups excluding carboxylic acids is 1. The van der Waals surface area contributed by atoms with Crippen molar-refractivity contribution in [3.63, 3.8) is 0 Å². The highest BCUT2D eigenvalue weighted by molar-refractivity contribution is 5.81. The first kappa shape index (κ1) is 12.5. The fourth-order valence-electron chi connectivity index (χ4n) is 1.94. The van der Waals surface area contributed by atoms with E-state index >= 15 is 0 Å². The van der Waals surface area contributed by atoms with Crippen LogP contribution in [0.4, 0.5) is 0 Å². The Morgan fingerprint density at radius 1 is 1.20 bits per heavy atom. The molecular weight excluding hydrogens is 186 g/mol. The molecular formula is C13H25NO. The van der Waals surface area contributed by atoms with Gasteiger partial charge in [0.2, 0.25) is 5.91 Å². The number of hydrogen-bond donors (Lipinski definition) is 1. The molecule has 0 heterocycles. The molecule has 1 atom stereocenters. The minimum Gasteiger partial charge on any atom is -0.353 e. The van der Waals surface area contributed by atoms with Gasteiger partial charge in [-0.05, 0) is 25.7 Å². The first-order valence-corrected chi connectivity index (χ1v) is 6.58. The van der Waals surface area contributed by atoms with Crippen molar-refractivity contribution in [2.75, 3.05) is 0 Å². The average molecular weight is 211 g/mol. The molecule has 1 aliphatic carbocycles. The Balaban J connectivity index is 2.18. The fraction of sp³-hybridized carbons (Fsp3) is 0.923. The smallest absolute Gasteiger partial charge is 0.223 e. The highest BCUT2D eigenvalue weighted by Crippen LogP contribution is 2.29. The minimum atomic E-state index is 0.310. The van der Waals surface area contributed by atoms with Gasteiger partial charge < -0.3 is 5.32 Å². The third-order valence-electron chi connectivity index (χ3n) is 3.09. The largest absolute Gasteiger partial charge is 0.353 e. The van der Waals surface area contributed by atoms with Crippen LogP contribution in [0.1, 0.15) is 65.2 Å². The molecule has 1 unspecified atom stereocenters. The van der Waals surface area contributed by atoms with E-state index in [-0.39, 0.29) is 0 Å². The molecule has 1 aliphatic rings. The van der Waals surface area contributed by atoms with Gasteiger partial charge in [-0.25, -0.2) is 0 Å². The third kappa shape index (κ3) is 5.19. The van der Waals surface area contributed by atoms with E-state index in [1.165, 1.54) is 32.1 Å². The van der Waals surface area contributed by atoms with Crippen LogP contribution in [-0.2, 0) is 4.79 Å². The molecule has 1 fully saturated rings. The van der Waals surface area contributed by atoms with Crippen molar-refractivity contribution in [2.24, 2.45) is 5.92 Å².